The number of aryl methyl sites for hydroxylation is 3. The van der Waals surface area contributed by atoms with Crippen molar-refractivity contribution in [1.29, 1.82) is 0 Å². The maximum absolute atomic E-state index is 13.9. The maximum atomic E-state index is 13.9. The van der Waals surface area contributed by atoms with Gasteiger partial charge in [0.05, 0.1) is 27.0 Å². The minimum absolute atomic E-state index is 0.0519. The van der Waals surface area contributed by atoms with Crippen molar-refractivity contribution in [2.45, 2.75) is 59.4 Å². The number of hydrogen-bond acceptors (Lipinski definition) is 4. The van der Waals surface area contributed by atoms with E-state index in [0.717, 1.165) is 37.9 Å². The Morgan fingerprint density at radius 1 is 1.09 bits per heavy atom. The van der Waals surface area contributed by atoms with E-state index < -0.39 is 0 Å². The third-order valence-electron chi connectivity index (χ3n) is 6.90. The number of hydrogen-bond donors (Lipinski definition) is 1. The number of rotatable bonds is 3. The zero-order valence-electron chi connectivity index (χ0n) is 21.3. The van der Waals surface area contributed by atoms with E-state index in [4.69, 9.17) is 4.98 Å². The Morgan fingerprint density at radius 3 is 2.57 bits per heavy atom. The highest BCUT2D eigenvalue weighted by molar-refractivity contribution is 7.15. The van der Waals surface area contributed by atoms with E-state index in [1.54, 1.807) is 11.3 Å². The molecule has 0 spiro atoms. The summed E-state index contributed by atoms with van der Waals surface area (Å²) in [4.78, 5) is 29.8. The summed E-state index contributed by atoms with van der Waals surface area (Å²) >= 11 is 1.57. The monoisotopic (exact) mass is 484 g/mol. The fourth-order valence-electron chi connectivity index (χ4n) is 4.70. The highest BCUT2D eigenvalue weighted by Crippen LogP contribution is 2.38. The molecule has 35 heavy (non-hydrogen) atoms. The van der Waals surface area contributed by atoms with E-state index >= 15 is 0 Å². The number of imidazole rings is 1. The molecule has 0 saturated carbocycles. The largest absolute Gasteiger partial charge is 0.340 e. The Morgan fingerprint density at radius 2 is 1.86 bits per heavy atom. The van der Waals surface area contributed by atoms with Gasteiger partial charge in [-0.2, -0.15) is 0 Å². The number of likely N-dealkylation sites (tertiary alicyclic amines) is 1. The first kappa shape index (κ1) is 23.5. The van der Waals surface area contributed by atoms with Crippen LogP contribution in [0.25, 0.3) is 21.5 Å². The first-order valence-corrected chi connectivity index (χ1v) is 12.9. The SMILES string of the molecule is C=C1CC(c2nc3ccc(C(C)(C)C)cc3[nH]2)N(C(=O)c2nc(C)sc2-c2ccc(C)c(C)c2)C1. The van der Waals surface area contributed by atoms with Gasteiger partial charge in [-0.1, -0.05) is 57.2 Å². The van der Waals surface area contributed by atoms with Crippen LogP contribution in [0.2, 0.25) is 0 Å². The number of carbonyl (C=O) groups is 1. The lowest BCUT2D eigenvalue weighted by Crippen LogP contribution is -2.31. The molecule has 1 saturated heterocycles. The Labute approximate surface area is 210 Å². The molecule has 0 aliphatic carbocycles. The van der Waals surface area contributed by atoms with Gasteiger partial charge in [0.15, 0.2) is 0 Å². The van der Waals surface area contributed by atoms with Crippen LogP contribution in [-0.2, 0) is 5.41 Å². The topological polar surface area (TPSA) is 61.9 Å². The molecule has 1 aliphatic rings. The summed E-state index contributed by atoms with van der Waals surface area (Å²) < 4.78 is 0. The van der Waals surface area contributed by atoms with Crippen molar-refractivity contribution in [3.05, 3.63) is 81.8 Å². The van der Waals surface area contributed by atoms with E-state index in [-0.39, 0.29) is 17.4 Å². The molecule has 1 aliphatic heterocycles. The summed E-state index contributed by atoms with van der Waals surface area (Å²) in [5, 5.41) is 0.884. The molecule has 4 aromatic rings. The highest BCUT2D eigenvalue weighted by atomic mass is 32.1. The van der Waals surface area contributed by atoms with Crippen molar-refractivity contribution in [2.24, 2.45) is 0 Å². The van der Waals surface area contributed by atoms with Crippen LogP contribution >= 0.6 is 11.3 Å². The molecule has 0 bridgehead atoms. The van der Waals surface area contributed by atoms with Gasteiger partial charge in [-0.15, -0.1) is 11.3 Å². The number of H-pyrrole nitrogens is 1. The smallest absolute Gasteiger partial charge is 0.274 e. The summed E-state index contributed by atoms with van der Waals surface area (Å²) in [6.07, 6.45) is 0.694. The van der Waals surface area contributed by atoms with Crippen molar-refractivity contribution in [1.82, 2.24) is 19.9 Å². The zero-order valence-corrected chi connectivity index (χ0v) is 22.1. The third kappa shape index (κ3) is 4.31. The van der Waals surface area contributed by atoms with Gasteiger partial charge in [-0.3, -0.25) is 4.79 Å². The molecule has 1 N–H and O–H groups in total. The molecule has 1 atom stereocenters. The normalized spacial score (nSPS) is 16.5. The second kappa shape index (κ2) is 8.45. The van der Waals surface area contributed by atoms with E-state index in [2.05, 4.69) is 87.6 Å². The molecule has 5 rings (SSSR count). The lowest BCUT2D eigenvalue weighted by Gasteiger charge is -2.22. The van der Waals surface area contributed by atoms with Gasteiger partial charge in [0.1, 0.15) is 11.5 Å². The molecule has 3 heterocycles. The fourth-order valence-corrected chi connectivity index (χ4v) is 5.60. The molecule has 0 radical (unpaired) electrons. The van der Waals surface area contributed by atoms with Gasteiger partial charge in [-0.05, 0) is 67.0 Å². The van der Waals surface area contributed by atoms with Crippen LogP contribution in [0, 0.1) is 20.8 Å². The van der Waals surface area contributed by atoms with Gasteiger partial charge in [0.25, 0.3) is 5.91 Å². The highest BCUT2D eigenvalue weighted by Gasteiger charge is 2.37. The molecule has 180 valence electrons. The molecule has 1 fully saturated rings. The second-order valence-corrected chi connectivity index (χ2v) is 11.9. The second-order valence-electron chi connectivity index (χ2n) is 10.7. The van der Waals surface area contributed by atoms with Crippen LogP contribution in [0.1, 0.15) is 71.2 Å². The van der Waals surface area contributed by atoms with Crippen molar-refractivity contribution >= 4 is 28.3 Å². The van der Waals surface area contributed by atoms with E-state index in [1.165, 1.54) is 16.7 Å². The molecular formula is C29H32N4OS. The minimum Gasteiger partial charge on any atom is -0.340 e. The van der Waals surface area contributed by atoms with Gasteiger partial charge < -0.3 is 9.88 Å². The number of amides is 1. The number of fused-ring (bicyclic) bond motifs is 1. The quantitative estimate of drug-likeness (QED) is 0.317. The Hall–Kier alpha value is -3.25. The molecule has 1 amide bonds. The van der Waals surface area contributed by atoms with Crippen LogP contribution in [0.5, 0.6) is 0 Å². The number of nitrogens with zero attached hydrogens (tertiary/aromatic N) is 3. The summed E-state index contributed by atoms with van der Waals surface area (Å²) in [6, 6.07) is 12.5. The number of thiazole rings is 1. The van der Waals surface area contributed by atoms with Gasteiger partial charge >= 0.3 is 0 Å². The number of nitrogens with one attached hydrogen (secondary N) is 1. The van der Waals surface area contributed by atoms with Crippen LogP contribution < -0.4 is 0 Å². The van der Waals surface area contributed by atoms with Crippen LogP contribution in [-0.4, -0.2) is 32.3 Å². The van der Waals surface area contributed by atoms with Crippen LogP contribution in [0.15, 0.2) is 48.6 Å². The van der Waals surface area contributed by atoms with Crippen LogP contribution in [0.4, 0.5) is 0 Å². The first-order chi connectivity index (χ1) is 16.5. The van der Waals surface area contributed by atoms with Gasteiger partial charge in [0.2, 0.25) is 0 Å². The Balaban J connectivity index is 1.52. The summed E-state index contributed by atoms with van der Waals surface area (Å²) in [5.74, 6) is 0.736. The standard InChI is InChI=1S/C29H32N4OS/c1-16-12-24(27-31-22-11-10-21(29(5,6)7)14-23(22)32-27)33(15-16)28(34)25-26(35-19(4)30-25)20-9-8-17(2)18(3)13-20/h8-11,13-14,24H,1,12,15H2,2-7H3,(H,31,32). The van der Waals surface area contributed by atoms with E-state index in [0.29, 0.717) is 18.7 Å². The number of aromatic amines is 1. The number of carbonyl (C=O) groups excluding carboxylic acids is 1. The van der Waals surface area contributed by atoms with Crippen molar-refractivity contribution in [2.75, 3.05) is 6.54 Å². The van der Waals surface area contributed by atoms with Gasteiger partial charge in [0, 0.05) is 6.54 Å². The fraction of sp³-hybridized carbons (Fsp3) is 0.345. The van der Waals surface area contributed by atoms with Crippen molar-refractivity contribution in [3.8, 4) is 10.4 Å². The lowest BCUT2D eigenvalue weighted by atomic mass is 9.87. The average molecular weight is 485 g/mol. The summed E-state index contributed by atoms with van der Waals surface area (Å²) in [5.41, 5.74) is 8.23. The van der Waals surface area contributed by atoms with Gasteiger partial charge in [-0.25, -0.2) is 9.97 Å². The molecule has 2 aromatic carbocycles. The molecule has 1 unspecified atom stereocenters. The Bertz CT molecular complexity index is 1470. The Kier molecular flexibility index (Phi) is 5.67. The molecule has 2 aromatic heterocycles. The number of benzene rings is 2. The van der Waals surface area contributed by atoms with Crippen molar-refractivity contribution < 1.29 is 4.79 Å². The maximum Gasteiger partial charge on any atom is 0.274 e. The van der Waals surface area contributed by atoms with Crippen LogP contribution in [0.3, 0.4) is 0 Å². The number of aromatic nitrogens is 3. The van der Waals surface area contributed by atoms with E-state index in [9.17, 15) is 4.79 Å². The van der Waals surface area contributed by atoms with E-state index in [1.807, 2.05) is 11.8 Å². The average Bonchev–Trinajstić information content (AvgIpc) is 3.49. The third-order valence-corrected chi connectivity index (χ3v) is 7.92. The summed E-state index contributed by atoms with van der Waals surface area (Å²) in [6.45, 7) is 17.5. The zero-order chi connectivity index (χ0) is 25.1. The van der Waals surface area contributed by atoms with Crippen molar-refractivity contribution in [3.63, 3.8) is 0 Å². The molecule has 5 nitrogen and oxygen atoms in total. The predicted octanol–water partition coefficient (Wildman–Crippen LogP) is 7.05. The minimum atomic E-state index is -0.185. The first-order valence-electron chi connectivity index (χ1n) is 12.0. The summed E-state index contributed by atoms with van der Waals surface area (Å²) in [7, 11) is 0. The lowest BCUT2D eigenvalue weighted by molar-refractivity contribution is 0.0728. The molecular weight excluding hydrogens is 452 g/mol. The molecule has 6 heteroatoms. The predicted molar refractivity (Wildman–Crippen MR) is 144 cm³/mol.